The van der Waals surface area contributed by atoms with Crippen molar-refractivity contribution >= 4 is 74.2 Å². The molecule has 1 saturated carbocycles. The molecule has 0 spiro atoms. The van der Waals surface area contributed by atoms with Crippen molar-refractivity contribution in [1.82, 2.24) is 4.98 Å². The van der Waals surface area contributed by atoms with Crippen LogP contribution in [0.3, 0.4) is 0 Å². The third-order valence-electron chi connectivity index (χ3n) is 8.27. The van der Waals surface area contributed by atoms with Crippen LogP contribution in [0.1, 0.15) is 42.4 Å². The zero-order chi connectivity index (χ0) is 31.8. The van der Waals surface area contributed by atoms with E-state index in [1.165, 1.54) is 28.4 Å². The second-order valence-electron chi connectivity index (χ2n) is 11.2. The highest BCUT2D eigenvalue weighted by atomic mass is 32.2. The van der Waals surface area contributed by atoms with Crippen LogP contribution >= 0.6 is 23.1 Å². The van der Waals surface area contributed by atoms with E-state index in [0.717, 1.165) is 53.3 Å². The van der Waals surface area contributed by atoms with Gasteiger partial charge in [-0.1, -0.05) is 36.7 Å². The fourth-order valence-corrected chi connectivity index (χ4v) is 7.91. The first-order valence-electron chi connectivity index (χ1n) is 14.4. The number of aromatic nitrogens is 1. The van der Waals surface area contributed by atoms with Crippen molar-refractivity contribution in [2.45, 2.75) is 48.8 Å². The number of hydrogen-bond acceptors (Lipinski definition) is 9. The summed E-state index contributed by atoms with van der Waals surface area (Å²) in [6.07, 6.45) is 4.69. The maximum Gasteiger partial charge on any atom is 0.283 e. The molecule has 0 unspecified atom stereocenters. The largest absolute Gasteiger partial charge is 0.321 e. The highest BCUT2D eigenvalue weighted by Crippen LogP contribution is 2.43. The molecule has 12 heteroatoms. The molecular formula is C33H27N5O5S2. The standard InChI is InChI=1S/C33H27N5O5S2/c1-18-7-9-22(13-19(18)2)35-30(39)21(17-34)14-20-8-12-28(27(15-20)38(42)43)44-33-36-26-11-10-23(16-29(26)45-33)37-31(40)24-5-3-4-6-25(24)32(37)41/h7-16,24-25H,3-6H2,1-2H3,(H,35,39)/b21-14+/t24-,25+. The molecule has 6 rings (SSSR count). The number of carbonyl (C=O) groups is 3. The Morgan fingerprint density at radius 1 is 1.07 bits per heavy atom. The van der Waals surface area contributed by atoms with Crippen molar-refractivity contribution in [2.75, 3.05) is 10.2 Å². The lowest BCUT2D eigenvalue weighted by Crippen LogP contribution is -2.30. The molecule has 2 aliphatic rings. The monoisotopic (exact) mass is 637 g/mol. The van der Waals surface area contributed by atoms with Crippen molar-refractivity contribution in [3.8, 4) is 6.07 Å². The summed E-state index contributed by atoms with van der Waals surface area (Å²) in [4.78, 5) is 56.7. The van der Waals surface area contributed by atoms with E-state index in [2.05, 4.69) is 10.3 Å². The van der Waals surface area contributed by atoms with Crippen LogP contribution in [0, 0.1) is 47.1 Å². The van der Waals surface area contributed by atoms with Crippen LogP contribution in [0.15, 0.2) is 69.4 Å². The molecule has 0 radical (unpaired) electrons. The Kier molecular flexibility index (Phi) is 8.22. The molecule has 10 nitrogen and oxygen atoms in total. The molecule has 3 amide bonds. The average Bonchev–Trinajstić information content (AvgIpc) is 3.54. The van der Waals surface area contributed by atoms with Crippen LogP contribution < -0.4 is 10.2 Å². The lowest BCUT2D eigenvalue weighted by Gasteiger charge is -2.19. The second kappa shape index (κ2) is 12.3. The van der Waals surface area contributed by atoms with Gasteiger partial charge in [-0.25, -0.2) is 4.98 Å². The van der Waals surface area contributed by atoms with Gasteiger partial charge in [0.05, 0.1) is 37.6 Å². The molecule has 45 heavy (non-hydrogen) atoms. The molecule has 0 bridgehead atoms. The van der Waals surface area contributed by atoms with Gasteiger partial charge in [0.1, 0.15) is 11.6 Å². The molecule has 2 atom stereocenters. The summed E-state index contributed by atoms with van der Waals surface area (Å²) in [5.41, 5.74) is 3.70. The first-order chi connectivity index (χ1) is 21.6. The Hall–Kier alpha value is -4.86. The van der Waals surface area contributed by atoms with Crippen LogP contribution in [0.5, 0.6) is 0 Å². The first kappa shape index (κ1) is 30.2. The summed E-state index contributed by atoms with van der Waals surface area (Å²) in [7, 11) is 0. The van der Waals surface area contributed by atoms with Crippen molar-refractivity contribution in [3.63, 3.8) is 0 Å². The maximum absolute atomic E-state index is 13.1. The van der Waals surface area contributed by atoms with Crippen LogP contribution in [0.4, 0.5) is 17.1 Å². The number of nitrogens with zero attached hydrogens (tertiary/aromatic N) is 4. The Morgan fingerprint density at radius 2 is 1.80 bits per heavy atom. The summed E-state index contributed by atoms with van der Waals surface area (Å²) in [6, 6.07) is 17.0. The van der Waals surface area contributed by atoms with Gasteiger partial charge in [0.15, 0.2) is 4.34 Å². The minimum Gasteiger partial charge on any atom is -0.321 e. The number of benzene rings is 3. The number of carbonyl (C=O) groups excluding carboxylic acids is 3. The molecule has 1 saturated heterocycles. The third-order valence-corrected chi connectivity index (χ3v) is 10.4. The zero-order valence-corrected chi connectivity index (χ0v) is 26.0. The molecule has 1 aliphatic carbocycles. The molecule has 226 valence electrons. The predicted octanol–water partition coefficient (Wildman–Crippen LogP) is 7.20. The molecule has 1 aromatic heterocycles. The molecule has 2 heterocycles. The number of hydrogen-bond donors (Lipinski definition) is 1. The van der Waals surface area contributed by atoms with Gasteiger partial charge in [-0.05, 0) is 85.9 Å². The van der Waals surface area contributed by atoms with E-state index in [9.17, 15) is 29.8 Å². The smallest absolute Gasteiger partial charge is 0.283 e. The van der Waals surface area contributed by atoms with Crippen LogP contribution in [-0.2, 0) is 14.4 Å². The van der Waals surface area contributed by atoms with Crippen molar-refractivity contribution in [3.05, 3.63) is 87.0 Å². The summed E-state index contributed by atoms with van der Waals surface area (Å²) in [5.74, 6) is -1.40. The molecule has 1 aliphatic heterocycles. The predicted molar refractivity (Wildman–Crippen MR) is 173 cm³/mol. The van der Waals surface area contributed by atoms with Gasteiger partial charge in [-0.2, -0.15) is 5.26 Å². The average molecular weight is 638 g/mol. The fraction of sp³-hybridized carbons (Fsp3) is 0.242. The number of nitro benzene ring substituents is 1. The minimum absolute atomic E-state index is 0.143. The van der Waals surface area contributed by atoms with E-state index in [-0.39, 0.29) is 34.9 Å². The quantitative estimate of drug-likeness (QED) is 0.0736. The Labute approximate surface area is 266 Å². The summed E-state index contributed by atoms with van der Waals surface area (Å²) >= 11 is 2.43. The topological polar surface area (TPSA) is 146 Å². The number of thiazole rings is 1. The third kappa shape index (κ3) is 5.96. The first-order valence-corrected chi connectivity index (χ1v) is 16.0. The van der Waals surface area contributed by atoms with Gasteiger partial charge in [-0.15, -0.1) is 11.3 Å². The molecular weight excluding hydrogens is 611 g/mol. The number of imide groups is 1. The SMILES string of the molecule is Cc1ccc(NC(=O)/C(C#N)=C/c2ccc(Sc3nc4ccc(N5C(=O)[C@H]6CCCC[C@H]6C5=O)cc4s3)c([N+](=O)[O-])c2)cc1C. The Bertz CT molecular complexity index is 1950. The number of fused-ring (bicyclic) bond motifs is 2. The Balaban J connectivity index is 1.22. The van der Waals surface area contributed by atoms with Gasteiger partial charge in [-0.3, -0.25) is 29.4 Å². The van der Waals surface area contributed by atoms with Crippen molar-refractivity contribution < 1.29 is 19.3 Å². The van der Waals surface area contributed by atoms with Gasteiger partial charge >= 0.3 is 0 Å². The fourth-order valence-electron chi connectivity index (χ4n) is 5.77. The van der Waals surface area contributed by atoms with E-state index in [1.807, 2.05) is 26.0 Å². The van der Waals surface area contributed by atoms with E-state index in [0.29, 0.717) is 31.7 Å². The van der Waals surface area contributed by atoms with Gasteiger partial charge in [0.25, 0.3) is 11.6 Å². The number of rotatable bonds is 7. The van der Waals surface area contributed by atoms with Crippen LogP contribution in [0.2, 0.25) is 0 Å². The van der Waals surface area contributed by atoms with E-state index in [1.54, 1.807) is 42.5 Å². The lowest BCUT2D eigenvalue weighted by molar-refractivity contribution is -0.387. The zero-order valence-electron chi connectivity index (χ0n) is 24.4. The Morgan fingerprint density at radius 3 is 2.47 bits per heavy atom. The van der Waals surface area contributed by atoms with Gasteiger partial charge < -0.3 is 5.32 Å². The minimum atomic E-state index is -0.619. The normalized spacial score (nSPS) is 18.2. The summed E-state index contributed by atoms with van der Waals surface area (Å²) < 4.78 is 1.30. The van der Waals surface area contributed by atoms with Crippen LogP contribution in [-0.4, -0.2) is 27.6 Å². The molecule has 4 aromatic rings. The number of anilines is 2. The molecule has 2 fully saturated rings. The lowest BCUT2D eigenvalue weighted by atomic mass is 9.81. The number of nitro groups is 1. The second-order valence-corrected chi connectivity index (χ2v) is 13.5. The number of aryl methyl sites for hydroxylation is 2. The van der Waals surface area contributed by atoms with Crippen LogP contribution in [0.25, 0.3) is 16.3 Å². The number of nitriles is 1. The maximum atomic E-state index is 13.1. The highest BCUT2D eigenvalue weighted by Gasteiger charge is 2.48. The van der Waals surface area contributed by atoms with E-state index < -0.39 is 10.8 Å². The van der Waals surface area contributed by atoms with Crippen molar-refractivity contribution in [2.24, 2.45) is 11.8 Å². The number of nitrogens with one attached hydrogen (secondary N) is 1. The van der Waals surface area contributed by atoms with Gasteiger partial charge in [0.2, 0.25) is 11.8 Å². The van der Waals surface area contributed by atoms with E-state index in [4.69, 9.17) is 0 Å². The molecule has 3 aromatic carbocycles. The van der Waals surface area contributed by atoms with E-state index >= 15 is 0 Å². The molecule has 1 N–H and O–H groups in total. The summed E-state index contributed by atoms with van der Waals surface area (Å²) in [6.45, 7) is 3.87. The highest BCUT2D eigenvalue weighted by molar-refractivity contribution is 8.01. The summed E-state index contributed by atoms with van der Waals surface area (Å²) in [5, 5.41) is 24.4. The number of amides is 3. The van der Waals surface area contributed by atoms with Gasteiger partial charge in [0, 0.05) is 11.8 Å². The van der Waals surface area contributed by atoms with Crippen molar-refractivity contribution in [1.29, 1.82) is 5.26 Å².